The summed E-state index contributed by atoms with van der Waals surface area (Å²) in [5, 5.41) is 5.17. The predicted molar refractivity (Wildman–Crippen MR) is 139 cm³/mol. The molecule has 3 aromatic rings. The van der Waals surface area contributed by atoms with Gasteiger partial charge in [0.25, 0.3) is 0 Å². The van der Waals surface area contributed by atoms with Gasteiger partial charge in [0.2, 0.25) is 5.88 Å². The monoisotopic (exact) mass is 557 g/mol. The van der Waals surface area contributed by atoms with E-state index in [0.29, 0.717) is 34.1 Å². The number of pyridine rings is 1. The number of halogens is 3. The molecule has 2 aromatic heterocycles. The number of phosphoric ester groups is 1. The first-order chi connectivity index (χ1) is 17.7. The van der Waals surface area contributed by atoms with Crippen LogP contribution in [0.1, 0.15) is 56.6 Å². The molecule has 0 amide bonds. The third kappa shape index (κ3) is 8.53. The average Bonchev–Trinajstić information content (AvgIpc) is 3.35. The Morgan fingerprint density at radius 2 is 1.76 bits per heavy atom. The maximum absolute atomic E-state index is 13.8. The summed E-state index contributed by atoms with van der Waals surface area (Å²) in [7, 11) is -1.33. The number of phosphoric acid groups is 1. The third-order valence-corrected chi connectivity index (χ3v) is 7.72. The average molecular weight is 558 g/mol. The van der Waals surface area contributed by atoms with E-state index in [-0.39, 0.29) is 5.88 Å². The van der Waals surface area contributed by atoms with E-state index in [1.165, 1.54) is 37.8 Å². The molecule has 0 aliphatic carbocycles. The van der Waals surface area contributed by atoms with Crippen LogP contribution < -0.4 is 9.84 Å². The molecule has 0 atom stereocenters. The lowest BCUT2D eigenvalue weighted by atomic mass is 9.99. The van der Waals surface area contributed by atoms with Crippen molar-refractivity contribution in [1.82, 2.24) is 9.97 Å². The number of nitrogens with zero attached hydrogens (tertiary/aromatic N) is 2. The van der Waals surface area contributed by atoms with Crippen molar-refractivity contribution in [1.29, 1.82) is 0 Å². The van der Waals surface area contributed by atoms with Gasteiger partial charge in [0.15, 0.2) is 5.13 Å². The van der Waals surface area contributed by atoms with Crippen molar-refractivity contribution >= 4 is 30.0 Å². The predicted octanol–water partition coefficient (Wildman–Crippen LogP) is 8.65. The van der Waals surface area contributed by atoms with Crippen LogP contribution in [0.3, 0.4) is 0 Å². The smallest absolute Gasteiger partial charge is 0.386 e. The van der Waals surface area contributed by atoms with Gasteiger partial charge in [0.1, 0.15) is 0 Å². The summed E-state index contributed by atoms with van der Waals surface area (Å²) in [6.45, 7) is 2.13. The van der Waals surface area contributed by atoms with Crippen molar-refractivity contribution < 1.29 is 31.3 Å². The molecule has 0 fully saturated rings. The zero-order chi connectivity index (χ0) is 26.9. The number of aryl methyl sites for hydroxylation is 1. The van der Waals surface area contributed by atoms with Gasteiger partial charge in [-0.3, -0.25) is 9.05 Å². The molecule has 7 nitrogen and oxygen atoms in total. The number of alkyl halides is 3. The molecule has 1 N–H and O–H groups in total. The van der Waals surface area contributed by atoms with Crippen molar-refractivity contribution in [2.75, 3.05) is 19.5 Å². The van der Waals surface area contributed by atoms with E-state index in [9.17, 15) is 17.7 Å². The first kappa shape index (κ1) is 29.1. The molecule has 12 heteroatoms. The Morgan fingerprint density at radius 3 is 2.41 bits per heavy atom. The van der Waals surface area contributed by atoms with Gasteiger partial charge in [-0.1, -0.05) is 45.1 Å². The highest BCUT2D eigenvalue weighted by atomic mass is 32.1. The van der Waals surface area contributed by atoms with Crippen molar-refractivity contribution in [3.63, 3.8) is 0 Å². The topological polar surface area (TPSA) is 82.6 Å². The zero-order valence-electron chi connectivity index (χ0n) is 21.0. The molecule has 0 spiro atoms. The number of rotatable bonds is 14. The fourth-order valence-electron chi connectivity index (χ4n) is 3.67. The van der Waals surface area contributed by atoms with E-state index in [0.717, 1.165) is 44.6 Å². The van der Waals surface area contributed by atoms with Crippen LogP contribution in [0.15, 0.2) is 41.9 Å². The van der Waals surface area contributed by atoms with Crippen LogP contribution in [0.5, 0.6) is 5.88 Å². The Morgan fingerprint density at radius 1 is 1.03 bits per heavy atom. The van der Waals surface area contributed by atoms with Crippen LogP contribution in [0.25, 0.3) is 11.3 Å². The maximum atomic E-state index is 13.8. The molecule has 3 rings (SSSR count). The second-order valence-corrected chi connectivity index (χ2v) is 11.0. The normalized spacial score (nSPS) is 12.1. The molecule has 0 unspecified atom stereocenters. The van der Waals surface area contributed by atoms with Crippen molar-refractivity contribution in [3.8, 4) is 17.1 Å². The van der Waals surface area contributed by atoms with E-state index in [4.69, 9.17) is 13.6 Å². The number of thiazole rings is 1. The van der Waals surface area contributed by atoms with Gasteiger partial charge in [-0.25, -0.2) is 14.5 Å². The minimum absolute atomic E-state index is 0.0464. The first-order valence-corrected chi connectivity index (χ1v) is 14.3. The van der Waals surface area contributed by atoms with Crippen LogP contribution in [0.2, 0.25) is 0 Å². The van der Waals surface area contributed by atoms with Crippen LogP contribution in [0.4, 0.5) is 24.0 Å². The van der Waals surface area contributed by atoms with Crippen LogP contribution in [-0.4, -0.2) is 24.2 Å². The largest absolute Gasteiger partial charge is 0.530 e. The van der Waals surface area contributed by atoms with Crippen LogP contribution in [-0.2, 0) is 26.2 Å². The van der Waals surface area contributed by atoms with Gasteiger partial charge in [-0.2, -0.15) is 13.2 Å². The summed E-state index contributed by atoms with van der Waals surface area (Å²) in [6, 6.07) is 7.50. The Kier molecular flexibility index (Phi) is 10.5. The minimum Gasteiger partial charge on any atom is -0.386 e. The van der Waals surface area contributed by atoms with E-state index in [1.54, 1.807) is 23.6 Å². The Bertz CT molecular complexity index is 1180. The number of anilines is 2. The fourth-order valence-corrected chi connectivity index (χ4v) is 5.04. The molecule has 37 heavy (non-hydrogen) atoms. The van der Waals surface area contributed by atoms with Crippen molar-refractivity contribution in [2.24, 2.45) is 0 Å². The molecule has 2 heterocycles. The van der Waals surface area contributed by atoms with Gasteiger partial charge in [-0.15, -0.1) is 11.3 Å². The Hall–Kier alpha value is -2.46. The highest BCUT2D eigenvalue weighted by molar-refractivity contribution is 7.48. The highest BCUT2D eigenvalue weighted by Gasteiger charge is 2.33. The maximum Gasteiger partial charge on any atom is 0.530 e. The summed E-state index contributed by atoms with van der Waals surface area (Å²) < 4.78 is 67.9. The van der Waals surface area contributed by atoms with E-state index in [1.807, 2.05) is 0 Å². The van der Waals surface area contributed by atoms with Crippen LogP contribution >= 0.6 is 19.2 Å². The van der Waals surface area contributed by atoms with Gasteiger partial charge < -0.3 is 9.84 Å². The quantitative estimate of drug-likeness (QED) is 0.157. The number of unbranched alkanes of at least 4 members (excludes halogenated alkanes) is 5. The van der Waals surface area contributed by atoms with Gasteiger partial charge in [0, 0.05) is 43.1 Å². The number of nitrogens with one attached hydrogen (secondary N) is 1. The lowest BCUT2D eigenvalue weighted by molar-refractivity contribution is -0.138. The Balaban J connectivity index is 1.67. The standard InChI is InChI=1S/C25H31F3N3O4PS/c1-4-5-6-7-8-9-10-18-11-13-20(15-21(18)25(26,27)28)30-24-31-22(17-37-24)19-12-14-23(29-16-19)35-36(32,33-2)34-3/h11-17H,4-10H2,1-3H3,(H,30,31). The minimum atomic E-state index is -4.44. The molecule has 0 aliphatic rings. The number of hydrogen-bond donors (Lipinski definition) is 1. The van der Waals surface area contributed by atoms with Gasteiger partial charge >= 0.3 is 14.0 Å². The number of hydrogen-bond acceptors (Lipinski definition) is 8. The fraction of sp³-hybridized carbons (Fsp3) is 0.440. The van der Waals surface area contributed by atoms with E-state index < -0.39 is 19.6 Å². The van der Waals surface area contributed by atoms with E-state index >= 15 is 0 Å². The molecule has 0 radical (unpaired) electrons. The zero-order valence-corrected chi connectivity index (χ0v) is 22.7. The van der Waals surface area contributed by atoms with Crippen molar-refractivity contribution in [3.05, 3.63) is 53.0 Å². The molecule has 1 aromatic carbocycles. The summed E-state index contributed by atoms with van der Waals surface area (Å²) in [5.74, 6) is 0.0464. The second kappa shape index (κ2) is 13.4. The molecular formula is C25H31F3N3O4PS. The van der Waals surface area contributed by atoms with Gasteiger partial charge in [-0.05, 0) is 36.6 Å². The number of aromatic nitrogens is 2. The first-order valence-electron chi connectivity index (χ1n) is 12.0. The molecule has 202 valence electrons. The second-order valence-electron chi connectivity index (χ2n) is 8.34. The lowest BCUT2D eigenvalue weighted by Crippen LogP contribution is -2.10. The SMILES string of the molecule is CCCCCCCCc1ccc(Nc2nc(-c3ccc(OP(=O)(OC)OC)nc3)cs2)cc1C(F)(F)F. The summed E-state index contributed by atoms with van der Waals surface area (Å²) in [4.78, 5) is 8.54. The molecule has 0 bridgehead atoms. The summed E-state index contributed by atoms with van der Waals surface area (Å²) in [5.41, 5.74) is 1.23. The van der Waals surface area contributed by atoms with Crippen LogP contribution in [0, 0.1) is 0 Å². The highest BCUT2D eigenvalue weighted by Crippen LogP contribution is 2.47. The molecule has 0 aliphatic heterocycles. The molecular weight excluding hydrogens is 526 g/mol. The van der Waals surface area contributed by atoms with Gasteiger partial charge in [0.05, 0.1) is 11.3 Å². The molecule has 0 saturated heterocycles. The number of benzene rings is 1. The van der Waals surface area contributed by atoms with Crippen molar-refractivity contribution in [2.45, 2.75) is 58.0 Å². The third-order valence-electron chi connectivity index (χ3n) is 5.66. The summed E-state index contributed by atoms with van der Waals surface area (Å²) >= 11 is 1.25. The van der Waals surface area contributed by atoms with E-state index in [2.05, 4.69) is 22.2 Å². The molecule has 0 saturated carbocycles. The summed E-state index contributed by atoms with van der Waals surface area (Å²) in [6.07, 6.45) is 3.58. The Labute approximate surface area is 219 Å². The lowest BCUT2D eigenvalue weighted by Gasteiger charge is -2.15.